The van der Waals surface area contributed by atoms with Crippen LogP contribution in [0.15, 0.2) is 30.3 Å². The molecule has 1 aromatic rings. The van der Waals surface area contributed by atoms with Gasteiger partial charge >= 0.3 is 0 Å². The Morgan fingerprint density at radius 2 is 1.14 bits per heavy atom. The van der Waals surface area contributed by atoms with Crippen LogP contribution in [0.1, 0.15) is 0 Å². The molecule has 1 rings (SSSR count). The van der Waals surface area contributed by atoms with Crippen LogP contribution >= 0.6 is 0 Å². The second-order valence-electron chi connectivity index (χ2n) is 9.56. The summed E-state index contributed by atoms with van der Waals surface area (Å²) in [6.45, 7) is 23.8. The monoisotopic (exact) mass is 352 g/mol. The molecule has 0 aliphatic carbocycles. The zero-order valence-electron chi connectivity index (χ0n) is 15.8. The lowest BCUT2D eigenvalue weighted by molar-refractivity contribution is 1.29. The van der Waals surface area contributed by atoms with E-state index in [0.29, 0.717) is 0 Å². The minimum absolute atomic E-state index is 0.912. The molecule has 0 aliphatic rings. The fraction of sp³-hybridized carbons (Fsp3) is 0.647. The number of benzene rings is 1. The van der Waals surface area contributed by atoms with E-state index in [0.717, 1.165) is 0 Å². The maximum absolute atomic E-state index is 2.72. The fourth-order valence-corrected chi connectivity index (χ4v) is 41.0. The number of hydrogen-bond acceptors (Lipinski definition) is 0. The van der Waals surface area contributed by atoms with Crippen LogP contribution < -0.4 is 5.19 Å². The molecule has 21 heavy (non-hydrogen) atoms. The second kappa shape index (κ2) is 6.30. The van der Waals surface area contributed by atoms with Crippen LogP contribution in [0, 0.1) is 0 Å². The van der Waals surface area contributed by atoms with Gasteiger partial charge in [-0.05, 0) is 0 Å². The van der Waals surface area contributed by atoms with Gasteiger partial charge < -0.3 is 0 Å². The lowest BCUT2D eigenvalue weighted by Gasteiger charge is -2.49. The van der Waals surface area contributed by atoms with Crippen molar-refractivity contribution in [3.8, 4) is 0 Å². The van der Waals surface area contributed by atoms with E-state index in [2.05, 4.69) is 89.3 Å². The van der Waals surface area contributed by atoms with Crippen LogP contribution in [-0.2, 0) is 0 Å². The van der Waals surface area contributed by atoms with Gasteiger partial charge in [0, 0.05) is 22.8 Å². The highest BCUT2D eigenvalue weighted by atomic mass is 29.6. The van der Waals surface area contributed by atoms with Crippen molar-refractivity contribution in [2.75, 3.05) is 0 Å². The molecule has 1 aromatic carbocycles. The van der Waals surface area contributed by atoms with Gasteiger partial charge in [0.05, 0.1) is 7.59 Å². The van der Waals surface area contributed by atoms with E-state index < -0.39 is 30.4 Å². The highest BCUT2D eigenvalue weighted by Gasteiger charge is 2.52. The largest absolute Gasteiger partial charge is 0.0728 e. The SMILES string of the molecule is C[Si](C)(C)CC[Si](C)(C)[Si](C)(C)[Si](C)(C)c1ccccc1. The molecular weight excluding hydrogens is 317 g/mol. The second-order valence-corrected chi connectivity index (χ2v) is 43.3. The van der Waals surface area contributed by atoms with Gasteiger partial charge in [-0.1, -0.05) is 107 Å². The predicted octanol–water partition coefficient (Wildman–Crippen LogP) is 5.51. The molecule has 4 heteroatoms. The van der Waals surface area contributed by atoms with Crippen molar-refractivity contribution in [1.29, 1.82) is 0 Å². The average Bonchev–Trinajstić information content (AvgIpc) is 2.36. The van der Waals surface area contributed by atoms with Crippen molar-refractivity contribution in [2.45, 2.75) is 71.0 Å². The smallest absolute Gasteiger partial charge is 0.0713 e. The summed E-state index contributed by atoms with van der Waals surface area (Å²) in [4.78, 5) is 0. The third kappa shape index (κ3) is 4.30. The molecule has 0 aromatic heterocycles. The van der Waals surface area contributed by atoms with Crippen molar-refractivity contribution in [3.05, 3.63) is 30.3 Å². The van der Waals surface area contributed by atoms with E-state index in [1.807, 2.05) is 0 Å². The van der Waals surface area contributed by atoms with Crippen LogP contribution in [0.2, 0.25) is 71.0 Å². The molecule has 0 aliphatic heterocycles. The van der Waals surface area contributed by atoms with Gasteiger partial charge in [-0.25, -0.2) is 0 Å². The highest BCUT2D eigenvalue weighted by molar-refractivity contribution is 7.71. The molecule has 0 saturated carbocycles. The van der Waals surface area contributed by atoms with E-state index in [1.165, 1.54) is 6.04 Å². The summed E-state index contributed by atoms with van der Waals surface area (Å²) >= 11 is 0. The van der Waals surface area contributed by atoms with Crippen molar-refractivity contribution < 1.29 is 0 Å². The van der Waals surface area contributed by atoms with Crippen LogP contribution in [0.5, 0.6) is 0 Å². The van der Waals surface area contributed by atoms with Gasteiger partial charge in [-0.3, -0.25) is 0 Å². The van der Waals surface area contributed by atoms with E-state index in [4.69, 9.17) is 0 Å². The summed E-state index contributed by atoms with van der Waals surface area (Å²) in [5.74, 6) is 0. The Balaban J connectivity index is 3.07. The Morgan fingerprint density at radius 3 is 1.57 bits per heavy atom. The van der Waals surface area contributed by atoms with Crippen LogP contribution in [0.4, 0.5) is 0 Å². The zero-order chi connectivity index (χ0) is 16.5. The molecule has 0 bridgehead atoms. The minimum Gasteiger partial charge on any atom is -0.0728 e. The van der Waals surface area contributed by atoms with Gasteiger partial charge in [0.25, 0.3) is 0 Å². The molecular formula is C17H36Si4. The first-order chi connectivity index (χ1) is 9.31. The van der Waals surface area contributed by atoms with Gasteiger partial charge in [0.2, 0.25) is 0 Å². The Labute approximate surface area is 137 Å². The first-order valence-corrected chi connectivity index (χ1v) is 23.3. The summed E-state index contributed by atoms with van der Waals surface area (Å²) in [5, 5.41) is 1.69. The topological polar surface area (TPSA) is 0 Å². The Hall–Kier alpha value is 0.0875. The van der Waals surface area contributed by atoms with E-state index in [-0.39, 0.29) is 0 Å². The summed E-state index contributed by atoms with van der Waals surface area (Å²) in [5.41, 5.74) is 0. The van der Waals surface area contributed by atoms with Crippen LogP contribution in [0.25, 0.3) is 0 Å². The van der Waals surface area contributed by atoms with Crippen molar-refractivity contribution in [3.63, 3.8) is 0 Å². The van der Waals surface area contributed by atoms with Crippen LogP contribution in [-0.4, -0.2) is 30.4 Å². The van der Waals surface area contributed by atoms with Gasteiger partial charge in [-0.15, -0.1) is 0 Å². The Bertz CT molecular complexity index is 455. The maximum Gasteiger partial charge on any atom is 0.0713 e. The third-order valence-corrected chi connectivity index (χ3v) is 51.1. The quantitative estimate of drug-likeness (QED) is 0.592. The molecule has 0 fully saturated rings. The van der Waals surface area contributed by atoms with Gasteiger partial charge in [0.1, 0.15) is 0 Å². The summed E-state index contributed by atoms with van der Waals surface area (Å²) in [7, 11) is -4.56. The Kier molecular flexibility index (Phi) is 5.74. The van der Waals surface area contributed by atoms with E-state index in [1.54, 1.807) is 11.2 Å². The summed E-state index contributed by atoms with van der Waals surface area (Å²) in [6, 6.07) is 14.5. The van der Waals surface area contributed by atoms with Crippen molar-refractivity contribution >= 4 is 35.6 Å². The molecule has 0 spiro atoms. The first kappa shape index (κ1) is 19.1. The van der Waals surface area contributed by atoms with Crippen LogP contribution in [0.3, 0.4) is 0 Å². The van der Waals surface area contributed by atoms with Gasteiger partial charge in [-0.2, -0.15) is 0 Å². The molecule has 0 unspecified atom stereocenters. The summed E-state index contributed by atoms with van der Waals surface area (Å²) in [6.07, 6.45) is 0. The normalized spacial score (nSPS) is 14.3. The number of rotatable bonds is 6. The maximum atomic E-state index is 2.72. The molecule has 0 nitrogen and oxygen atoms in total. The third-order valence-electron chi connectivity index (χ3n) is 6.25. The molecule has 0 atom stereocenters. The first-order valence-electron chi connectivity index (χ1n) is 8.37. The highest BCUT2D eigenvalue weighted by Crippen LogP contribution is 2.34. The lowest BCUT2D eigenvalue weighted by atomic mass is 10.4. The standard InChI is InChI=1S/C17H36Si4/c1-18(2,3)15-16-19(4,5)21(8,9)20(6,7)17-13-11-10-12-14-17/h10-14H,15-16H2,1-9H3. The van der Waals surface area contributed by atoms with E-state index >= 15 is 0 Å². The molecule has 0 N–H and O–H groups in total. The molecule has 0 amide bonds. The molecule has 120 valence electrons. The predicted molar refractivity (Wildman–Crippen MR) is 111 cm³/mol. The van der Waals surface area contributed by atoms with E-state index in [9.17, 15) is 0 Å². The number of hydrogen-bond donors (Lipinski definition) is 0. The van der Waals surface area contributed by atoms with Crippen molar-refractivity contribution in [1.82, 2.24) is 0 Å². The summed E-state index contributed by atoms with van der Waals surface area (Å²) < 4.78 is 0. The average molecular weight is 353 g/mol. The molecule has 0 heterocycles. The zero-order valence-corrected chi connectivity index (χ0v) is 19.8. The fourth-order valence-electron chi connectivity index (χ4n) is 3.06. The Morgan fingerprint density at radius 1 is 0.667 bits per heavy atom. The lowest BCUT2D eigenvalue weighted by Crippen LogP contribution is -2.74. The minimum atomic E-state index is -1.32. The van der Waals surface area contributed by atoms with Gasteiger partial charge in [0.15, 0.2) is 0 Å². The van der Waals surface area contributed by atoms with Crippen molar-refractivity contribution in [2.24, 2.45) is 0 Å². The molecule has 0 saturated heterocycles. The molecule has 0 radical (unpaired) electrons.